The second-order valence-electron chi connectivity index (χ2n) is 7.19. The number of nitrogens with zero attached hydrogens (tertiary/aromatic N) is 1. The Morgan fingerprint density at radius 1 is 1.11 bits per heavy atom. The molecule has 0 aromatic rings. The first-order valence-electron chi connectivity index (χ1n) is 7.86. The van der Waals surface area contributed by atoms with Crippen LogP contribution in [0.15, 0.2) is 0 Å². The lowest BCUT2D eigenvalue weighted by Gasteiger charge is -2.45. The highest BCUT2D eigenvalue weighted by Gasteiger charge is 2.43. The standard InChI is InChI=1S/C16H34N2/c1-6-18(7-2)16(11-8-9-12-16)14(17)10-13-15(3,4)5/h14H,6-13,17H2,1-5H3. The normalized spacial score (nSPS) is 21.5. The molecule has 0 heterocycles. The minimum atomic E-state index is 0.300. The van der Waals surface area contributed by atoms with E-state index in [1.54, 1.807) is 0 Å². The van der Waals surface area contributed by atoms with Crippen molar-refractivity contribution in [3.63, 3.8) is 0 Å². The van der Waals surface area contributed by atoms with E-state index in [2.05, 4.69) is 39.5 Å². The van der Waals surface area contributed by atoms with Gasteiger partial charge >= 0.3 is 0 Å². The van der Waals surface area contributed by atoms with Gasteiger partial charge in [-0.1, -0.05) is 47.5 Å². The van der Waals surface area contributed by atoms with Gasteiger partial charge in [0.05, 0.1) is 0 Å². The van der Waals surface area contributed by atoms with Crippen molar-refractivity contribution in [2.24, 2.45) is 11.1 Å². The van der Waals surface area contributed by atoms with Crippen molar-refractivity contribution in [1.29, 1.82) is 0 Å². The van der Waals surface area contributed by atoms with Crippen molar-refractivity contribution in [2.75, 3.05) is 13.1 Å². The lowest BCUT2D eigenvalue weighted by molar-refractivity contribution is 0.0699. The maximum atomic E-state index is 6.63. The summed E-state index contributed by atoms with van der Waals surface area (Å²) in [7, 11) is 0. The van der Waals surface area contributed by atoms with Gasteiger partial charge in [-0.25, -0.2) is 0 Å². The monoisotopic (exact) mass is 254 g/mol. The third-order valence-electron chi connectivity index (χ3n) is 4.76. The van der Waals surface area contributed by atoms with Gasteiger partial charge in [-0.15, -0.1) is 0 Å². The molecule has 0 radical (unpaired) electrons. The van der Waals surface area contributed by atoms with E-state index in [0.29, 0.717) is 17.0 Å². The predicted octanol–water partition coefficient (Wildman–Crippen LogP) is 3.79. The van der Waals surface area contributed by atoms with Crippen LogP contribution in [0.25, 0.3) is 0 Å². The van der Waals surface area contributed by atoms with Gasteiger partial charge in [0.25, 0.3) is 0 Å². The molecule has 0 bridgehead atoms. The van der Waals surface area contributed by atoms with Crippen molar-refractivity contribution in [2.45, 2.75) is 84.7 Å². The Labute approximate surface area is 114 Å². The van der Waals surface area contributed by atoms with Crippen molar-refractivity contribution < 1.29 is 0 Å². The molecule has 0 aliphatic heterocycles. The van der Waals surface area contributed by atoms with Gasteiger partial charge in [0, 0.05) is 11.6 Å². The number of hydrogen-bond acceptors (Lipinski definition) is 2. The van der Waals surface area contributed by atoms with Crippen LogP contribution in [-0.4, -0.2) is 29.6 Å². The van der Waals surface area contributed by atoms with Crippen molar-refractivity contribution in [3.8, 4) is 0 Å². The fraction of sp³-hybridized carbons (Fsp3) is 1.00. The molecule has 2 heteroatoms. The van der Waals surface area contributed by atoms with Crippen LogP contribution in [0.5, 0.6) is 0 Å². The summed E-state index contributed by atoms with van der Waals surface area (Å²) < 4.78 is 0. The van der Waals surface area contributed by atoms with Gasteiger partial charge in [-0.05, 0) is 44.2 Å². The highest BCUT2D eigenvalue weighted by molar-refractivity contribution is 5.02. The highest BCUT2D eigenvalue weighted by atomic mass is 15.2. The summed E-state index contributed by atoms with van der Waals surface area (Å²) in [4.78, 5) is 2.63. The maximum absolute atomic E-state index is 6.63. The highest BCUT2D eigenvalue weighted by Crippen LogP contribution is 2.39. The fourth-order valence-electron chi connectivity index (χ4n) is 3.62. The third-order valence-corrected chi connectivity index (χ3v) is 4.76. The summed E-state index contributed by atoms with van der Waals surface area (Å²) in [6, 6.07) is 0.346. The van der Waals surface area contributed by atoms with Crippen LogP contribution in [0.4, 0.5) is 0 Å². The second-order valence-corrected chi connectivity index (χ2v) is 7.19. The SMILES string of the molecule is CCN(CC)C1(C(N)CCC(C)(C)C)CCCC1. The summed E-state index contributed by atoms with van der Waals surface area (Å²) in [5.41, 5.74) is 7.34. The Balaban J connectivity index is 2.71. The van der Waals surface area contributed by atoms with Crippen molar-refractivity contribution in [1.82, 2.24) is 4.90 Å². The number of hydrogen-bond donors (Lipinski definition) is 1. The molecule has 0 spiro atoms. The van der Waals surface area contributed by atoms with Gasteiger partial charge in [-0.2, -0.15) is 0 Å². The Morgan fingerprint density at radius 2 is 1.61 bits per heavy atom. The first-order chi connectivity index (χ1) is 8.35. The fourth-order valence-corrected chi connectivity index (χ4v) is 3.62. The van der Waals surface area contributed by atoms with Crippen molar-refractivity contribution in [3.05, 3.63) is 0 Å². The van der Waals surface area contributed by atoms with Crippen LogP contribution in [-0.2, 0) is 0 Å². The van der Waals surface area contributed by atoms with Crippen LogP contribution in [0.1, 0.15) is 73.1 Å². The lowest BCUT2D eigenvalue weighted by Crippen LogP contribution is -2.58. The number of nitrogens with two attached hydrogens (primary N) is 1. The summed E-state index contributed by atoms with van der Waals surface area (Å²) in [5.74, 6) is 0. The molecule has 1 saturated carbocycles. The second kappa shape index (κ2) is 6.38. The maximum Gasteiger partial charge on any atom is 0.0360 e. The van der Waals surface area contributed by atoms with E-state index in [1.165, 1.54) is 38.5 Å². The molecule has 0 aromatic carbocycles. The van der Waals surface area contributed by atoms with Crippen LogP contribution < -0.4 is 5.73 Å². The van der Waals surface area contributed by atoms with E-state index in [1.807, 2.05) is 0 Å². The van der Waals surface area contributed by atoms with Gasteiger partial charge in [0.1, 0.15) is 0 Å². The predicted molar refractivity (Wildman–Crippen MR) is 80.8 cm³/mol. The van der Waals surface area contributed by atoms with Crippen LogP contribution in [0, 0.1) is 5.41 Å². The summed E-state index contributed by atoms with van der Waals surface area (Å²) in [5, 5.41) is 0. The first-order valence-corrected chi connectivity index (χ1v) is 7.86. The zero-order valence-electron chi connectivity index (χ0n) is 13.3. The number of likely N-dealkylation sites (N-methyl/N-ethyl adjacent to an activating group) is 1. The zero-order valence-corrected chi connectivity index (χ0v) is 13.3. The molecule has 2 N–H and O–H groups in total. The van der Waals surface area contributed by atoms with E-state index in [-0.39, 0.29) is 0 Å². The Hall–Kier alpha value is -0.0800. The Morgan fingerprint density at radius 3 is 2.00 bits per heavy atom. The molecular formula is C16H34N2. The summed E-state index contributed by atoms with van der Waals surface area (Å²) in [6.45, 7) is 13.8. The van der Waals surface area contributed by atoms with E-state index in [0.717, 1.165) is 13.1 Å². The summed E-state index contributed by atoms with van der Waals surface area (Å²) in [6.07, 6.45) is 7.73. The molecule has 1 aliphatic carbocycles. The van der Waals surface area contributed by atoms with Crippen molar-refractivity contribution >= 4 is 0 Å². The van der Waals surface area contributed by atoms with E-state index < -0.39 is 0 Å². The molecule has 1 unspecified atom stereocenters. The lowest BCUT2D eigenvalue weighted by atomic mass is 9.80. The topological polar surface area (TPSA) is 29.3 Å². The van der Waals surface area contributed by atoms with Gasteiger partial charge in [0.15, 0.2) is 0 Å². The molecule has 1 fully saturated rings. The number of rotatable bonds is 6. The van der Waals surface area contributed by atoms with E-state index in [4.69, 9.17) is 5.73 Å². The molecule has 1 aliphatic rings. The molecule has 0 saturated heterocycles. The van der Waals surface area contributed by atoms with Crippen LogP contribution in [0.3, 0.4) is 0 Å². The van der Waals surface area contributed by atoms with Gasteiger partial charge in [-0.3, -0.25) is 4.90 Å². The molecule has 1 atom stereocenters. The van der Waals surface area contributed by atoms with E-state index in [9.17, 15) is 0 Å². The molecule has 0 aromatic heterocycles. The zero-order chi connectivity index (χ0) is 13.8. The average molecular weight is 254 g/mol. The molecule has 0 amide bonds. The van der Waals surface area contributed by atoms with E-state index >= 15 is 0 Å². The van der Waals surface area contributed by atoms with Gasteiger partial charge in [0.2, 0.25) is 0 Å². The average Bonchev–Trinajstić information content (AvgIpc) is 2.77. The molecule has 2 nitrogen and oxygen atoms in total. The van der Waals surface area contributed by atoms with Crippen LogP contribution in [0.2, 0.25) is 0 Å². The Bertz CT molecular complexity index is 232. The molecule has 1 rings (SSSR count). The minimum absolute atomic E-state index is 0.300. The quantitative estimate of drug-likeness (QED) is 0.781. The smallest absolute Gasteiger partial charge is 0.0360 e. The Kier molecular flexibility index (Phi) is 5.67. The summed E-state index contributed by atoms with van der Waals surface area (Å²) >= 11 is 0. The molecule has 108 valence electrons. The molecular weight excluding hydrogens is 220 g/mol. The van der Waals surface area contributed by atoms with Gasteiger partial charge < -0.3 is 5.73 Å². The van der Waals surface area contributed by atoms with Crippen LogP contribution >= 0.6 is 0 Å². The largest absolute Gasteiger partial charge is 0.326 e. The third kappa shape index (κ3) is 3.71. The first kappa shape index (κ1) is 16.0. The molecule has 18 heavy (non-hydrogen) atoms. The minimum Gasteiger partial charge on any atom is -0.326 e.